The molecule has 0 atom stereocenters. The summed E-state index contributed by atoms with van der Waals surface area (Å²) in [6.45, 7) is 14.2. The molecule has 0 fully saturated rings. The molecule has 0 aliphatic carbocycles. The summed E-state index contributed by atoms with van der Waals surface area (Å²) < 4.78 is 5.84. The van der Waals surface area contributed by atoms with Gasteiger partial charge in [0.2, 0.25) is 0 Å². The molecule has 3 nitrogen and oxygen atoms in total. The lowest BCUT2D eigenvalue weighted by Gasteiger charge is -2.29. The van der Waals surface area contributed by atoms with Crippen molar-refractivity contribution in [1.29, 1.82) is 0 Å². The van der Waals surface area contributed by atoms with Gasteiger partial charge in [0.1, 0.15) is 10.8 Å². The number of aromatic nitrogens is 1. The fourth-order valence-corrected chi connectivity index (χ4v) is 3.60. The van der Waals surface area contributed by atoms with E-state index in [1.807, 2.05) is 7.05 Å². The molecule has 1 heterocycles. The zero-order chi connectivity index (χ0) is 18.1. The second kappa shape index (κ2) is 8.07. The maximum Gasteiger partial charge on any atom is 0.126 e. The Kier molecular flexibility index (Phi) is 7.08. The molecule has 1 N–H and O–H groups in total. The summed E-state index contributed by atoms with van der Waals surface area (Å²) in [6, 6.07) is 4.48. The SMILES string of the molecule is CNCc1nc(-c2cc(C(C)(C)C)c(OC)c(C(C)(C)C)c2)cs1.Cl. The minimum absolute atomic E-state index is 0. The summed E-state index contributed by atoms with van der Waals surface area (Å²) >= 11 is 1.70. The predicted molar refractivity (Wildman–Crippen MR) is 112 cm³/mol. The third kappa shape index (κ3) is 4.96. The molecular formula is C20H31ClN2OS. The molecule has 5 heteroatoms. The molecule has 0 radical (unpaired) electrons. The van der Waals surface area contributed by atoms with Crippen LogP contribution in [0.5, 0.6) is 5.75 Å². The predicted octanol–water partition coefficient (Wildman–Crippen LogP) is 5.55. The Morgan fingerprint density at radius 3 is 1.96 bits per heavy atom. The van der Waals surface area contributed by atoms with Crippen LogP contribution in [0.25, 0.3) is 11.3 Å². The van der Waals surface area contributed by atoms with Crippen molar-refractivity contribution in [3.8, 4) is 17.0 Å². The van der Waals surface area contributed by atoms with Crippen LogP contribution in [0.2, 0.25) is 0 Å². The van der Waals surface area contributed by atoms with Gasteiger partial charge in [-0.15, -0.1) is 23.7 Å². The maximum absolute atomic E-state index is 5.84. The number of nitrogens with one attached hydrogen (secondary N) is 1. The summed E-state index contributed by atoms with van der Waals surface area (Å²) in [5.41, 5.74) is 4.69. The zero-order valence-corrected chi connectivity index (χ0v) is 18.2. The van der Waals surface area contributed by atoms with E-state index in [1.54, 1.807) is 18.4 Å². The summed E-state index contributed by atoms with van der Waals surface area (Å²) in [5.74, 6) is 1.00. The molecular weight excluding hydrogens is 352 g/mol. The Morgan fingerprint density at radius 2 is 1.56 bits per heavy atom. The molecule has 1 aromatic heterocycles. The van der Waals surface area contributed by atoms with Crippen LogP contribution < -0.4 is 10.1 Å². The minimum atomic E-state index is 0. The van der Waals surface area contributed by atoms with Crippen LogP contribution in [0.15, 0.2) is 17.5 Å². The Morgan fingerprint density at radius 1 is 1.04 bits per heavy atom. The van der Waals surface area contributed by atoms with E-state index in [1.165, 1.54) is 16.7 Å². The van der Waals surface area contributed by atoms with Gasteiger partial charge >= 0.3 is 0 Å². The summed E-state index contributed by atoms with van der Waals surface area (Å²) in [7, 11) is 3.72. The van der Waals surface area contributed by atoms with E-state index in [2.05, 4.69) is 64.4 Å². The first-order valence-corrected chi connectivity index (χ1v) is 9.28. The van der Waals surface area contributed by atoms with E-state index in [0.717, 1.165) is 23.0 Å². The van der Waals surface area contributed by atoms with Gasteiger partial charge in [0, 0.05) is 28.6 Å². The number of hydrogen-bond donors (Lipinski definition) is 1. The monoisotopic (exact) mass is 382 g/mol. The van der Waals surface area contributed by atoms with Crippen LogP contribution in [-0.4, -0.2) is 19.1 Å². The summed E-state index contributed by atoms with van der Waals surface area (Å²) in [6.07, 6.45) is 0. The van der Waals surface area contributed by atoms with Crippen LogP contribution in [0.3, 0.4) is 0 Å². The first-order chi connectivity index (χ1) is 11.1. The fourth-order valence-electron chi connectivity index (χ4n) is 2.79. The fraction of sp³-hybridized carbons (Fsp3) is 0.550. The van der Waals surface area contributed by atoms with Crippen molar-refractivity contribution < 1.29 is 4.74 Å². The molecule has 0 bridgehead atoms. The summed E-state index contributed by atoms with van der Waals surface area (Å²) in [4.78, 5) is 4.79. The topological polar surface area (TPSA) is 34.2 Å². The number of methoxy groups -OCH3 is 1. The van der Waals surface area contributed by atoms with Crippen molar-refractivity contribution in [2.75, 3.05) is 14.2 Å². The van der Waals surface area contributed by atoms with Crippen molar-refractivity contribution in [2.45, 2.75) is 58.9 Å². The van der Waals surface area contributed by atoms with E-state index >= 15 is 0 Å². The highest BCUT2D eigenvalue weighted by molar-refractivity contribution is 7.09. The quantitative estimate of drug-likeness (QED) is 0.752. The molecule has 0 saturated heterocycles. The molecule has 2 rings (SSSR count). The first kappa shape index (κ1) is 21.9. The number of ether oxygens (including phenoxy) is 1. The average molecular weight is 383 g/mol. The lowest BCUT2D eigenvalue weighted by molar-refractivity contribution is 0.381. The Bertz CT molecular complexity index is 676. The lowest BCUT2D eigenvalue weighted by atomic mass is 9.78. The van der Waals surface area contributed by atoms with Crippen LogP contribution in [0, 0.1) is 0 Å². The van der Waals surface area contributed by atoms with E-state index in [9.17, 15) is 0 Å². The zero-order valence-electron chi connectivity index (χ0n) is 16.6. The number of benzene rings is 1. The van der Waals surface area contributed by atoms with Crippen molar-refractivity contribution in [3.63, 3.8) is 0 Å². The van der Waals surface area contributed by atoms with Crippen LogP contribution in [0.4, 0.5) is 0 Å². The molecule has 2 aromatic rings. The number of rotatable bonds is 4. The highest BCUT2D eigenvalue weighted by Crippen LogP contribution is 2.42. The summed E-state index contributed by atoms with van der Waals surface area (Å²) in [5, 5.41) is 6.42. The first-order valence-electron chi connectivity index (χ1n) is 8.40. The highest BCUT2D eigenvalue weighted by atomic mass is 35.5. The van der Waals surface area contributed by atoms with Gasteiger partial charge in [0.25, 0.3) is 0 Å². The Hall–Kier alpha value is -1.10. The van der Waals surface area contributed by atoms with E-state index in [4.69, 9.17) is 9.72 Å². The highest BCUT2D eigenvalue weighted by Gasteiger charge is 2.28. The van der Waals surface area contributed by atoms with Gasteiger partial charge in [0.05, 0.1) is 12.8 Å². The number of nitrogens with zero attached hydrogens (tertiary/aromatic N) is 1. The Labute approximate surface area is 162 Å². The number of halogens is 1. The molecule has 1 aromatic carbocycles. The van der Waals surface area contributed by atoms with Gasteiger partial charge in [-0.3, -0.25) is 0 Å². The molecule has 140 valence electrons. The average Bonchev–Trinajstić information content (AvgIpc) is 2.93. The molecule has 0 unspecified atom stereocenters. The van der Waals surface area contributed by atoms with Gasteiger partial charge in [-0.2, -0.15) is 0 Å². The lowest BCUT2D eigenvalue weighted by Crippen LogP contribution is -2.19. The minimum Gasteiger partial charge on any atom is -0.496 e. The second-order valence-corrected chi connectivity index (χ2v) is 9.20. The van der Waals surface area contributed by atoms with Crippen LogP contribution in [0.1, 0.15) is 57.7 Å². The smallest absolute Gasteiger partial charge is 0.126 e. The van der Waals surface area contributed by atoms with Gasteiger partial charge in [0.15, 0.2) is 0 Å². The van der Waals surface area contributed by atoms with Gasteiger partial charge in [-0.1, -0.05) is 41.5 Å². The Balaban J connectivity index is 0.00000312. The molecule has 0 aliphatic rings. The third-order valence-corrected chi connectivity index (χ3v) is 4.93. The normalized spacial score (nSPS) is 12.0. The number of thiazole rings is 1. The maximum atomic E-state index is 5.84. The standard InChI is InChI=1S/C20H30N2OS.ClH/c1-19(2,3)14-9-13(16-12-24-17(22-16)11-21-7)10-15(18(14)23-8)20(4,5)6;/h9-10,12,21H,11H2,1-8H3;1H. The molecule has 0 amide bonds. The molecule has 0 spiro atoms. The molecule has 0 aliphatic heterocycles. The second-order valence-electron chi connectivity index (χ2n) is 8.26. The van der Waals surface area contributed by atoms with Gasteiger partial charge in [-0.25, -0.2) is 4.98 Å². The van der Waals surface area contributed by atoms with Gasteiger partial charge in [-0.05, 0) is 30.0 Å². The van der Waals surface area contributed by atoms with E-state index in [-0.39, 0.29) is 23.2 Å². The van der Waals surface area contributed by atoms with Gasteiger partial charge < -0.3 is 10.1 Å². The third-order valence-electron chi connectivity index (χ3n) is 4.08. The van der Waals surface area contributed by atoms with Crippen LogP contribution in [-0.2, 0) is 17.4 Å². The van der Waals surface area contributed by atoms with E-state index in [0.29, 0.717) is 0 Å². The van der Waals surface area contributed by atoms with E-state index < -0.39 is 0 Å². The van der Waals surface area contributed by atoms with Crippen molar-refractivity contribution in [3.05, 3.63) is 33.6 Å². The van der Waals surface area contributed by atoms with Crippen molar-refractivity contribution in [1.82, 2.24) is 10.3 Å². The molecule has 25 heavy (non-hydrogen) atoms. The van der Waals surface area contributed by atoms with Crippen molar-refractivity contribution >= 4 is 23.7 Å². The van der Waals surface area contributed by atoms with Crippen molar-refractivity contribution in [2.24, 2.45) is 0 Å². The molecule has 0 saturated carbocycles. The van der Waals surface area contributed by atoms with Crippen LogP contribution >= 0.6 is 23.7 Å². The number of hydrogen-bond acceptors (Lipinski definition) is 4. The largest absolute Gasteiger partial charge is 0.496 e.